The number of rotatable bonds is 0. The van der Waals surface area contributed by atoms with Gasteiger partial charge in [0.1, 0.15) is 11.6 Å². The number of hydrogen-bond acceptors (Lipinski definition) is 2. The fourth-order valence-electron chi connectivity index (χ4n) is 2.96. The van der Waals surface area contributed by atoms with E-state index in [1.165, 1.54) is 11.6 Å². The van der Waals surface area contributed by atoms with Gasteiger partial charge in [-0.1, -0.05) is 0 Å². The summed E-state index contributed by atoms with van der Waals surface area (Å²) in [7, 11) is 2.02. The fraction of sp³-hybridized carbons (Fsp3) is 0.125. The molecule has 0 unspecified atom stereocenters. The van der Waals surface area contributed by atoms with E-state index in [2.05, 4.69) is 4.57 Å². The average molecular weight is 285 g/mol. The third kappa shape index (κ3) is 1.51. The standard InChI is InChI=1S/C16H12FNOS/c1-18-14-5-3-10(19)7-12(14)13-8-20-15-6-9(17)2-4-11(15)16(13)18/h2-7,19H,8H2,1H3. The Morgan fingerprint density at radius 3 is 2.90 bits per heavy atom. The minimum absolute atomic E-state index is 0.198. The second-order valence-corrected chi connectivity index (χ2v) is 6.03. The van der Waals surface area contributed by atoms with Crippen LogP contribution in [0.1, 0.15) is 5.56 Å². The SMILES string of the molecule is Cn1c2c(c3cc(O)ccc31)CSc1cc(F)ccc1-2. The summed E-state index contributed by atoms with van der Waals surface area (Å²) in [6.07, 6.45) is 0. The quantitative estimate of drug-likeness (QED) is 0.666. The minimum Gasteiger partial charge on any atom is -0.508 e. The monoisotopic (exact) mass is 285 g/mol. The minimum atomic E-state index is -0.198. The molecule has 1 N–H and O–H groups in total. The van der Waals surface area contributed by atoms with Gasteiger partial charge < -0.3 is 9.67 Å². The number of nitrogens with zero attached hydrogens (tertiary/aromatic N) is 1. The molecule has 0 spiro atoms. The number of halogens is 1. The lowest BCUT2D eigenvalue weighted by atomic mass is 10.1. The van der Waals surface area contributed by atoms with Crippen molar-refractivity contribution in [2.75, 3.05) is 0 Å². The van der Waals surface area contributed by atoms with Gasteiger partial charge in [0.2, 0.25) is 0 Å². The predicted molar refractivity (Wildman–Crippen MR) is 79.5 cm³/mol. The van der Waals surface area contributed by atoms with Gasteiger partial charge in [-0.05, 0) is 42.0 Å². The van der Waals surface area contributed by atoms with Crippen molar-refractivity contribution in [3.05, 3.63) is 47.8 Å². The molecule has 4 rings (SSSR count). The normalized spacial score (nSPS) is 13.3. The highest BCUT2D eigenvalue weighted by Gasteiger charge is 2.23. The van der Waals surface area contributed by atoms with Crippen LogP contribution in [0.15, 0.2) is 41.3 Å². The summed E-state index contributed by atoms with van der Waals surface area (Å²) in [5.74, 6) is 0.879. The van der Waals surface area contributed by atoms with Crippen LogP contribution in [0, 0.1) is 5.82 Å². The average Bonchev–Trinajstić information content (AvgIpc) is 2.71. The van der Waals surface area contributed by atoms with Gasteiger partial charge in [0.05, 0.1) is 5.69 Å². The largest absolute Gasteiger partial charge is 0.508 e. The Bertz CT molecular complexity index is 853. The highest BCUT2D eigenvalue weighted by atomic mass is 32.2. The lowest BCUT2D eigenvalue weighted by molar-refractivity contribution is 0.476. The van der Waals surface area contributed by atoms with Crippen LogP contribution in [0.3, 0.4) is 0 Å². The van der Waals surface area contributed by atoms with E-state index in [9.17, 15) is 9.50 Å². The Balaban J connectivity index is 2.11. The van der Waals surface area contributed by atoms with Gasteiger partial charge in [-0.25, -0.2) is 4.39 Å². The molecule has 3 aromatic rings. The molecule has 4 heteroatoms. The zero-order chi connectivity index (χ0) is 13.9. The molecule has 0 radical (unpaired) electrons. The van der Waals surface area contributed by atoms with Gasteiger partial charge in [-0.2, -0.15) is 0 Å². The number of aromatic hydroxyl groups is 1. The summed E-state index contributed by atoms with van der Waals surface area (Å²) in [5.41, 5.74) is 4.49. The molecule has 0 aliphatic carbocycles. The highest BCUT2D eigenvalue weighted by molar-refractivity contribution is 7.98. The zero-order valence-electron chi connectivity index (χ0n) is 10.9. The van der Waals surface area contributed by atoms with Crippen LogP contribution < -0.4 is 0 Å². The summed E-state index contributed by atoms with van der Waals surface area (Å²) in [5, 5.41) is 10.8. The molecule has 0 fully saturated rings. The first-order chi connectivity index (χ1) is 9.65. The topological polar surface area (TPSA) is 25.2 Å². The number of phenolic OH excluding ortho intramolecular Hbond substituents is 1. The molecule has 0 atom stereocenters. The maximum absolute atomic E-state index is 13.4. The number of thioether (sulfide) groups is 1. The number of fused-ring (bicyclic) bond motifs is 5. The first kappa shape index (κ1) is 11.9. The van der Waals surface area contributed by atoms with E-state index in [0.717, 1.165) is 32.8 Å². The molecule has 100 valence electrons. The van der Waals surface area contributed by atoms with Crippen LogP contribution in [-0.4, -0.2) is 9.67 Å². The molecule has 0 bridgehead atoms. The summed E-state index contributed by atoms with van der Waals surface area (Å²) in [4.78, 5) is 0.979. The lowest BCUT2D eigenvalue weighted by Crippen LogP contribution is -1.99. The molecular weight excluding hydrogens is 273 g/mol. The molecule has 1 aliphatic heterocycles. The van der Waals surface area contributed by atoms with Gasteiger partial charge in [0.25, 0.3) is 0 Å². The van der Waals surface area contributed by atoms with Crippen molar-refractivity contribution < 1.29 is 9.50 Å². The van der Waals surface area contributed by atoms with E-state index >= 15 is 0 Å². The molecule has 20 heavy (non-hydrogen) atoms. The van der Waals surface area contributed by atoms with Crippen molar-refractivity contribution in [2.24, 2.45) is 7.05 Å². The summed E-state index contributed by atoms with van der Waals surface area (Å²) >= 11 is 1.64. The zero-order valence-corrected chi connectivity index (χ0v) is 11.7. The van der Waals surface area contributed by atoms with Crippen LogP contribution in [0.25, 0.3) is 22.2 Å². The number of aromatic nitrogens is 1. The Hall–Kier alpha value is -1.94. The van der Waals surface area contributed by atoms with Crippen molar-refractivity contribution in [1.29, 1.82) is 0 Å². The third-order valence-corrected chi connectivity index (χ3v) is 4.94. The van der Waals surface area contributed by atoms with Crippen molar-refractivity contribution in [2.45, 2.75) is 10.6 Å². The van der Waals surface area contributed by atoms with Crippen molar-refractivity contribution in [3.63, 3.8) is 0 Å². The smallest absolute Gasteiger partial charge is 0.124 e. The highest BCUT2D eigenvalue weighted by Crippen LogP contribution is 2.46. The molecule has 1 aliphatic rings. The lowest BCUT2D eigenvalue weighted by Gasteiger charge is -2.18. The molecule has 0 amide bonds. The second kappa shape index (κ2) is 4.03. The van der Waals surface area contributed by atoms with E-state index in [4.69, 9.17) is 0 Å². The molecule has 2 heterocycles. The van der Waals surface area contributed by atoms with E-state index in [1.807, 2.05) is 25.2 Å². The molecule has 2 aromatic carbocycles. The Morgan fingerprint density at radius 1 is 1.20 bits per heavy atom. The van der Waals surface area contributed by atoms with Crippen LogP contribution >= 0.6 is 11.8 Å². The maximum atomic E-state index is 13.4. The number of benzene rings is 2. The predicted octanol–water partition coefficient (Wildman–Crippen LogP) is 4.30. The van der Waals surface area contributed by atoms with E-state index < -0.39 is 0 Å². The maximum Gasteiger partial charge on any atom is 0.124 e. The Labute approximate surface area is 119 Å². The number of hydrogen-bond donors (Lipinski definition) is 1. The summed E-state index contributed by atoms with van der Waals surface area (Å²) < 4.78 is 15.5. The Kier molecular flexibility index (Phi) is 2.39. The van der Waals surface area contributed by atoms with Crippen LogP contribution in [0.4, 0.5) is 4.39 Å². The fourth-order valence-corrected chi connectivity index (χ4v) is 4.07. The van der Waals surface area contributed by atoms with Crippen LogP contribution in [0.5, 0.6) is 5.75 Å². The van der Waals surface area contributed by atoms with Crippen molar-refractivity contribution in [3.8, 4) is 17.0 Å². The van der Waals surface area contributed by atoms with E-state index in [-0.39, 0.29) is 11.6 Å². The number of phenols is 1. The first-order valence-corrected chi connectivity index (χ1v) is 7.37. The first-order valence-electron chi connectivity index (χ1n) is 6.38. The van der Waals surface area contributed by atoms with Crippen molar-refractivity contribution in [1.82, 2.24) is 4.57 Å². The molecule has 0 saturated carbocycles. The van der Waals surface area contributed by atoms with Gasteiger partial charge >= 0.3 is 0 Å². The summed E-state index contributed by atoms with van der Waals surface area (Å²) in [6, 6.07) is 10.4. The van der Waals surface area contributed by atoms with E-state index in [0.29, 0.717) is 0 Å². The van der Waals surface area contributed by atoms with Gasteiger partial charge in [-0.15, -0.1) is 11.8 Å². The van der Waals surface area contributed by atoms with Gasteiger partial charge in [0, 0.05) is 34.2 Å². The third-order valence-electron chi connectivity index (χ3n) is 3.86. The van der Waals surface area contributed by atoms with Crippen LogP contribution in [-0.2, 0) is 12.8 Å². The van der Waals surface area contributed by atoms with E-state index in [1.54, 1.807) is 23.9 Å². The molecular formula is C16H12FNOS. The second-order valence-electron chi connectivity index (χ2n) is 5.02. The molecule has 2 nitrogen and oxygen atoms in total. The number of aryl methyl sites for hydroxylation is 1. The van der Waals surface area contributed by atoms with Gasteiger partial charge in [0.15, 0.2) is 0 Å². The Morgan fingerprint density at radius 2 is 2.05 bits per heavy atom. The molecule has 0 saturated heterocycles. The van der Waals surface area contributed by atoms with Crippen molar-refractivity contribution >= 4 is 22.7 Å². The van der Waals surface area contributed by atoms with Gasteiger partial charge in [-0.3, -0.25) is 0 Å². The summed E-state index contributed by atoms with van der Waals surface area (Å²) in [6.45, 7) is 0. The molecule has 1 aromatic heterocycles. The van der Waals surface area contributed by atoms with Crippen LogP contribution in [0.2, 0.25) is 0 Å².